The molecule has 0 N–H and O–H groups in total. The molecule has 0 bridgehead atoms. The first-order valence-corrected chi connectivity index (χ1v) is 9.50. The third-order valence-corrected chi connectivity index (χ3v) is 4.82. The van der Waals surface area contributed by atoms with Gasteiger partial charge < -0.3 is 18.9 Å². The summed E-state index contributed by atoms with van der Waals surface area (Å²) in [6.45, 7) is 5.16. The Balaban J connectivity index is 1.41. The van der Waals surface area contributed by atoms with Gasteiger partial charge in [0, 0.05) is 5.92 Å². The predicted molar refractivity (Wildman–Crippen MR) is 100 cm³/mol. The first-order valence-electron chi connectivity index (χ1n) is 9.50. The Morgan fingerprint density at radius 2 is 1.23 bits per heavy atom. The van der Waals surface area contributed by atoms with E-state index in [0.29, 0.717) is 19.1 Å². The number of epoxide rings is 2. The molecular weight excluding hydrogens is 328 g/mol. The number of benzene rings is 2. The third kappa shape index (κ3) is 4.77. The summed E-state index contributed by atoms with van der Waals surface area (Å²) in [5.41, 5.74) is 2.64. The average molecular weight is 354 g/mol. The van der Waals surface area contributed by atoms with E-state index in [0.717, 1.165) is 37.6 Å². The fourth-order valence-electron chi connectivity index (χ4n) is 3.11. The molecule has 2 atom stereocenters. The zero-order valence-corrected chi connectivity index (χ0v) is 15.2. The Kier molecular flexibility index (Phi) is 5.42. The lowest BCUT2D eigenvalue weighted by molar-refractivity contribution is 0.263. The van der Waals surface area contributed by atoms with Crippen molar-refractivity contribution in [1.29, 1.82) is 0 Å². The van der Waals surface area contributed by atoms with Crippen molar-refractivity contribution in [3.8, 4) is 11.5 Å². The molecule has 0 aliphatic carbocycles. The van der Waals surface area contributed by atoms with E-state index in [4.69, 9.17) is 18.9 Å². The molecule has 2 fully saturated rings. The molecule has 2 aromatic rings. The molecule has 0 aromatic heterocycles. The van der Waals surface area contributed by atoms with E-state index >= 15 is 0 Å². The van der Waals surface area contributed by atoms with Gasteiger partial charge in [0.15, 0.2) is 0 Å². The molecule has 2 saturated heterocycles. The second kappa shape index (κ2) is 8.11. The Hall–Kier alpha value is -2.04. The van der Waals surface area contributed by atoms with Gasteiger partial charge in [-0.3, -0.25) is 0 Å². The first kappa shape index (κ1) is 17.4. The molecule has 26 heavy (non-hydrogen) atoms. The lowest BCUT2D eigenvalue weighted by atomic mass is 9.87. The van der Waals surface area contributed by atoms with Gasteiger partial charge in [-0.25, -0.2) is 0 Å². The summed E-state index contributed by atoms with van der Waals surface area (Å²) in [5, 5.41) is 0. The van der Waals surface area contributed by atoms with Gasteiger partial charge in [-0.15, -0.1) is 0 Å². The molecule has 4 rings (SSSR count). The van der Waals surface area contributed by atoms with Crippen LogP contribution in [0.5, 0.6) is 11.5 Å². The summed E-state index contributed by atoms with van der Waals surface area (Å²) < 4.78 is 21.9. The van der Waals surface area contributed by atoms with Crippen LogP contribution in [-0.4, -0.2) is 38.6 Å². The van der Waals surface area contributed by atoms with Gasteiger partial charge in [0.2, 0.25) is 0 Å². The highest BCUT2D eigenvalue weighted by Gasteiger charge is 2.24. The van der Waals surface area contributed by atoms with Crippen molar-refractivity contribution in [3.63, 3.8) is 0 Å². The molecule has 4 heteroatoms. The van der Waals surface area contributed by atoms with Crippen molar-refractivity contribution in [2.75, 3.05) is 26.4 Å². The highest BCUT2D eigenvalue weighted by Crippen LogP contribution is 2.31. The van der Waals surface area contributed by atoms with Gasteiger partial charge in [0.1, 0.15) is 36.9 Å². The van der Waals surface area contributed by atoms with Gasteiger partial charge in [-0.2, -0.15) is 0 Å². The van der Waals surface area contributed by atoms with Crippen molar-refractivity contribution < 1.29 is 18.9 Å². The Morgan fingerprint density at radius 3 is 1.58 bits per heavy atom. The van der Waals surface area contributed by atoms with E-state index in [1.807, 2.05) is 0 Å². The quantitative estimate of drug-likeness (QED) is 0.601. The van der Waals surface area contributed by atoms with Crippen LogP contribution in [0, 0.1) is 0 Å². The predicted octanol–water partition coefficient (Wildman–Crippen LogP) is 4.17. The molecule has 4 nitrogen and oxygen atoms in total. The molecule has 2 unspecified atom stereocenters. The molecule has 0 spiro atoms. The highest BCUT2D eigenvalue weighted by atomic mass is 16.6. The lowest BCUT2D eigenvalue weighted by Crippen LogP contribution is -2.05. The lowest BCUT2D eigenvalue weighted by Gasteiger charge is -2.18. The molecule has 2 aliphatic heterocycles. The fraction of sp³-hybridized carbons (Fsp3) is 0.455. The van der Waals surface area contributed by atoms with Crippen LogP contribution in [0.25, 0.3) is 0 Å². The molecule has 0 amide bonds. The van der Waals surface area contributed by atoms with Gasteiger partial charge in [-0.1, -0.05) is 37.6 Å². The van der Waals surface area contributed by atoms with E-state index < -0.39 is 0 Å². The van der Waals surface area contributed by atoms with Crippen molar-refractivity contribution >= 4 is 0 Å². The molecule has 0 radical (unpaired) electrons. The summed E-state index contributed by atoms with van der Waals surface area (Å²) in [6.07, 6.45) is 2.83. The summed E-state index contributed by atoms with van der Waals surface area (Å²) >= 11 is 0. The number of hydrogen-bond acceptors (Lipinski definition) is 4. The van der Waals surface area contributed by atoms with E-state index in [9.17, 15) is 0 Å². The van der Waals surface area contributed by atoms with Crippen molar-refractivity contribution in [3.05, 3.63) is 59.7 Å². The van der Waals surface area contributed by atoms with Gasteiger partial charge in [0.05, 0.1) is 13.2 Å². The maximum atomic E-state index is 5.75. The van der Waals surface area contributed by atoms with Crippen molar-refractivity contribution in [2.24, 2.45) is 0 Å². The molecule has 2 aliphatic rings. The smallest absolute Gasteiger partial charge is 0.119 e. The second-order valence-electron chi connectivity index (χ2n) is 7.01. The van der Waals surface area contributed by atoms with E-state index in [-0.39, 0.29) is 12.2 Å². The third-order valence-electron chi connectivity index (χ3n) is 4.82. The minimum Gasteiger partial charge on any atom is -0.491 e. The van der Waals surface area contributed by atoms with Crippen LogP contribution in [-0.2, 0) is 9.47 Å². The number of ether oxygens (including phenoxy) is 4. The maximum Gasteiger partial charge on any atom is 0.119 e. The maximum absolute atomic E-state index is 5.75. The van der Waals surface area contributed by atoms with Crippen LogP contribution < -0.4 is 9.47 Å². The Labute approximate surface area is 155 Å². The van der Waals surface area contributed by atoms with Crippen LogP contribution in [0.15, 0.2) is 48.5 Å². The zero-order chi connectivity index (χ0) is 17.8. The summed E-state index contributed by atoms with van der Waals surface area (Å²) in [4.78, 5) is 0. The first-order chi connectivity index (χ1) is 12.8. The van der Waals surface area contributed by atoms with Crippen molar-refractivity contribution in [2.45, 2.75) is 37.9 Å². The molecular formula is C22H26O4. The largest absolute Gasteiger partial charge is 0.491 e. The second-order valence-corrected chi connectivity index (χ2v) is 7.01. The standard InChI is InChI=1S/C22H26O4/c1-2-3-22(16-4-8-18(9-5-16)23-12-20-14-25-20)17-6-10-19(11-7-17)24-13-21-15-26-21/h4-11,20-22H,2-3,12-15H2,1H3. The summed E-state index contributed by atoms with van der Waals surface area (Å²) in [7, 11) is 0. The van der Waals surface area contributed by atoms with Crippen LogP contribution in [0.2, 0.25) is 0 Å². The molecule has 2 heterocycles. The molecule has 2 aromatic carbocycles. The SMILES string of the molecule is CCCC(c1ccc(OCC2CO2)cc1)c1ccc(OCC2CO2)cc1. The van der Waals surface area contributed by atoms with E-state index in [1.54, 1.807) is 0 Å². The van der Waals surface area contributed by atoms with E-state index in [1.165, 1.54) is 11.1 Å². The Morgan fingerprint density at radius 1 is 0.808 bits per heavy atom. The molecule has 138 valence electrons. The number of hydrogen-bond donors (Lipinski definition) is 0. The van der Waals surface area contributed by atoms with Gasteiger partial charge in [-0.05, 0) is 41.8 Å². The number of rotatable bonds is 10. The van der Waals surface area contributed by atoms with E-state index in [2.05, 4.69) is 55.5 Å². The van der Waals surface area contributed by atoms with Crippen LogP contribution in [0.1, 0.15) is 36.8 Å². The monoisotopic (exact) mass is 354 g/mol. The molecule has 0 saturated carbocycles. The normalized spacial score (nSPS) is 21.9. The fourth-order valence-corrected chi connectivity index (χ4v) is 3.11. The highest BCUT2D eigenvalue weighted by molar-refractivity contribution is 5.38. The van der Waals surface area contributed by atoms with Gasteiger partial charge in [0.25, 0.3) is 0 Å². The zero-order valence-electron chi connectivity index (χ0n) is 15.2. The summed E-state index contributed by atoms with van der Waals surface area (Å²) in [5.74, 6) is 2.21. The van der Waals surface area contributed by atoms with Gasteiger partial charge >= 0.3 is 0 Å². The minimum absolute atomic E-state index is 0.287. The average Bonchev–Trinajstić information content (AvgIpc) is 3.58. The Bertz CT molecular complexity index is 628. The van der Waals surface area contributed by atoms with Crippen LogP contribution >= 0.6 is 0 Å². The summed E-state index contributed by atoms with van der Waals surface area (Å²) in [6, 6.07) is 17.0. The van der Waals surface area contributed by atoms with Crippen molar-refractivity contribution in [1.82, 2.24) is 0 Å². The van der Waals surface area contributed by atoms with Crippen LogP contribution in [0.4, 0.5) is 0 Å². The topological polar surface area (TPSA) is 43.5 Å². The minimum atomic E-state index is 0.287. The van der Waals surface area contributed by atoms with Crippen LogP contribution in [0.3, 0.4) is 0 Å².